The van der Waals surface area contributed by atoms with Gasteiger partial charge in [-0.15, -0.1) is 0 Å². The molecule has 0 fully saturated rings. The second kappa shape index (κ2) is 6.86. The molecule has 2 atom stereocenters. The summed E-state index contributed by atoms with van der Waals surface area (Å²) in [5.74, 6) is -2.50. The number of carboxylic acids is 1. The molecule has 1 aromatic rings. The summed E-state index contributed by atoms with van der Waals surface area (Å²) in [7, 11) is -2.94. The number of aliphatic carboxylic acids is 1. The van der Waals surface area contributed by atoms with Gasteiger partial charge < -0.3 is 9.84 Å². The Bertz CT molecular complexity index is 617. The average molecular weight is 319 g/mol. The quantitative estimate of drug-likeness (QED) is 0.796. The predicted octanol–water partition coefficient (Wildman–Crippen LogP) is 1.61. The van der Waals surface area contributed by atoms with Crippen molar-refractivity contribution in [1.82, 2.24) is 4.72 Å². The summed E-state index contributed by atoms with van der Waals surface area (Å²) in [6.45, 7) is 3.39. The first kappa shape index (κ1) is 17.4. The van der Waals surface area contributed by atoms with E-state index >= 15 is 0 Å². The molecule has 1 aromatic carbocycles. The van der Waals surface area contributed by atoms with Crippen molar-refractivity contribution in [1.29, 1.82) is 0 Å². The molecule has 0 aliphatic heterocycles. The van der Waals surface area contributed by atoms with Crippen molar-refractivity contribution in [2.24, 2.45) is 5.92 Å². The molecular weight excluding hydrogens is 301 g/mol. The molecule has 0 aliphatic carbocycles. The van der Waals surface area contributed by atoms with Gasteiger partial charge in [-0.05, 0) is 18.1 Å². The minimum atomic E-state index is -4.14. The van der Waals surface area contributed by atoms with Crippen LogP contribution in [0.4, 0.5) is 4.39 Å². The third kappa shape index (κ3) is 4.15. The minimum Gasteiger partial charge on any atom is -0.495 e. The van der Waals surface area contributed by atoms with Crippen LogP contribution in [0, 0.1) is 11.7 Å². The molecule has 118 valence electrons. The molecule has 0 bridgehead atoms. The fourth-order valence-electron chi connectivity index (χ4n) is 1.74. The number of benzene rings is 1. The lowest BCUT2D eigenvalue weighted by Gasteiger charge is -2.20. The number of hydrogen-bond acceptors (Lipinski definition) is 4. The van der Waals surface area contributed by atoms with E-state index in [4.69, 9.17) is 9.84 Å². The Balaban J connectivity index is 3.19. The highest BCUT2D eigenvalue weighted by Crippen LogP contribution is 2.25. The lowest BCUT2D eigenvalue weighted by molar-refractivity contribution is -0.140. The average Bonchev–Trinajstić information content (AvgIpc) is 2.43. The Hall–Kier alpha value is -1.67. The number of carbonyl (C=O) groups is 1. The van der Waals surface area contributed by atoms with Crippen LogP contribution < -0.4 is 9.46 Å². The van der Waals surface area contributed by atoms with Crippen LogP contribution >= 0.6 is 0 Å². The maximum absolute atomic E-state index is 13.1. The molecule has 0 heterocycles. The van der Waals surface area contributed by atoms with Crippen molar-refractivity contribution in [3.8, 4) is 5.75 Å². The number of ether oxygens (including phenoxy) is 1. The minimum absolute atomic E-state index is 0.184. The van der Waals surface area contributed by atoms with Crippen molar-refractivity contribution in [3.63, 3.8) is 0 Å². The van der Waals surface area contributed by atoms with E-state index < -0.39 is 33.8 Å². The van der Waals surface area contributed by atoms with E-state index in [1.807, 2.05) is 0 Å². The smallest absolute Gasteiger partial charge is 0.322 e. The van der Waals surface area contributed by atoms with Gasteiger partial charge >= 0.3 is 5.97 Å². The van der Waals surface area contributed by atoms with Gasteiger partial charge in [-0.25, -0.2) is 12.8 Å². The fourth-order valence-corrected chi connectivity index (χ4v) is 3.19. The summed E-state index contributed by atoms with van der Waals surface area (Å²) < 4.78 is 44.6. The molecular formula is C13H18FNO5S. The normalized spacial score (nSPS) is 14.5. The van der Waals surface area contributed by atoms with Crippen LogP contribution in [0.3, 0.4) is 0 Å². The second-order valence-corrected chi connectivity index (χ2v) is 6.30. The topological polar surface area (TPSA) is 92.7 Å². The lowest BCUT2D eigenvalue weighted by Crippen LogP contribution is -2.44. The molecule has 0 spiro atoms. The van der Waals surface area contributed by atoms with Gasteiger partial charge in [0.15, 0.2) is 0 Å². The summed E-state index contributed by atoms with van der Waals surface area (Å²) in [6.07, 6.45) is 0.486. The van der Waals surface area contributed by atoms with Crippen molar-refractivity contribution in [2.75, 3.05) is 7.11 Å². The van der Waals surface area contributed by atoms with E-state index in [0.717, 1.165) is 18.2 Å². The van der Waals surface area contributed by atoms with Gasteiger partial charge in [-0.3, -0.25) is 4.79 Å². The number of halogens is 1. The third-order valence-corrected chi connectivity index (χ3v) is 4.66. The molecule has 2 N–H and O–H groups in total. The Labute approximate surface area is 123 Å². The first-order valence-electron chi connectivity index (χ1n) is 6.31. The van der Waals surface area contributed by atoms with E-state index in [0.29, 0.717) is 6.42 Å². The van der Waals surface area contributed by atoms with Gasteiger partial charge in [0.1, 0.15) is 22.5 Å². The van der Waals surface area contributed by atoms with Crippen molar-refractivity contribution in [3.05, 3.63) is 24.0 Å². The molecule has 0 saturated heterocycles. The summed E-state index contributed by atoms with van der Waals surface area (Å²) in [5.41, 5.74) is 0. The molecule has 1 rings (SSSR count). The number of methoxy groups -OCH3 is 1. The summed E-state index contributed by atoms with van der Waals surface area (Å²) >= 11 is 0. The van der Waals surface area contributed by atoms with Gasteiger partial charge in [-0.2, -0.15) is 4.72 Å². The molecule has 8 heteroatoms. The number of rotatable bonds is 7. The van der Waals surface area contributed by atoms with Gasteiger partial charge in [0, 0.05) is 6.07 Å². The maximum atomic E-state index is 13.1. The highest BCUT2D eigenvalue weighted by atomic mass is 32.2. The summed E-state index contributed by atoms with van der Waals surface area (Å²) in [4.78, 5) is 10.9. The van der Waals surface area contributed by atoms with Crippen LogP contribution in [0.25, 0.3) is 0 Å². The molecule has 2 unspecified atom stereocenters. The largest absolute Gasteiger partial charge is 0.495 e. The van der Waals surface area contributed by atoms with Crippen LogP contribution in [-0.4, -0.2) is 32.6 Å². The standard InChI is InChI=1S/C13H18FNO5S/c1-4-8(2)12(13(16)17)15-21(18,19)11-6-5-9(14)7-10(11)20-3/h5-8,12,15H,4H2,1-3H3,(H,16,17). The van der Waals surface area contributed by atoms with Gasteiger partial charge in [0.25, 0.3) is 0 Å². The van der Waals surface area contributed by atoms with Crippen LogP contribution in [0.2, 0.25) is 0 Å². The zero-order valence-electron chi connectivity index (χ0n) is 12.0. The highest BCUT2D eigenvalue weighted by molar-refractivity contribution is 7.89. The molecule has 0 radical (unpaired) electrons. The zero-order valence-corrected chi connectivity index (χ0v) is 12.8. The monoisotopic (exact) mass is 319 g/mol. The van der Waals surface area contributed by atoms with E-state index in [1.165, 1.54) is 7.11 Å². The van der Waals surface area contributed by atoms with E-state index in [2.05, 4.69) is 4.72 Å². The van der Waals surface area contributed by atoms with E-state index in [1.54, 1.807) is 13.8 Å². The van der Waals surface area contributed by atoms with Crippen molar-refractivity contribution in [2.45, 2.75) is 31.2 Å². The van der Waals surface area contributed by atoms with E-state index in [9.17, 15) is 17.6 Å². The lowest BCUT2D eigenvalue weighted by atomic mass is 10.0. The molecule has 0 aromatic heterocycles. The second-order valence-electron chi connectivity index (χ2n) is 4.62. The number of nitrogens with one attached hydrogen (secondary N) is 1. The Morgan fingerprint density at radius 3 is 2.57 bits per heavy atom. The molecule has 6 nitrogen and oxygen atoms in total. The molecule has 21 heavy (non-hydrogen) atoms. The van der Waals surface area contributed by atoms with Crippen LogP contribution in [0.5, 0.6) is 5.75 Å². The Morgan fingerprint density at radius 2 is 2.10 bits per heavy atom. The predicted molar refractivity (Wildman–Crippen MR) is 74.2 cm³/mol. The van der Waals surface area contributed by atoms with Crippen molar-refractivity contribution >= 4 is 16.0 Å². The van der Waals surface area contributed by atoms with Gasteiger partial charge in [0.2, 0.25) is 10.0 Å². The highest BCUT2D eigenvalue weighted by Gasteiger charge is 2.31. The fraction of sp³-hybridized carbons (Fsp3) is 0.462. The maximum Gasteiger partial charge on any atom is 0.322 e. The molecule has 0 amide bonds. The van der Waals surface area contributed by atoms with Crippen molar-refractivity contribution < 1.29 is 27.4 Å². The zero-order chi connectivity index (χ0) is 16.2. The third-order valence-electron chi connectivity index (χ3n) is 3.18. The Kier molecular flexibility index (Phi) is 5.68. The summed E-state index contributed by atoms with van der Waals surface area (Å²) in [5, 5.41) is 9.14. The van der Waals surface area contributed by atoms with E-state index in [-0.39, 0.29) is 10.6 Å². The Morgan fingerprint density at radius 1 is 1.48 bits per heavy atom. The first-order valence-corrected chi connectivity index (χ1v) is 7.80. The molecule has 0 saturated carbocycles. The molecule has 0 aliphatic rings. The van der Waals surface area contributed by atoms with Crippen LogP contribution in [0.1, 0.15) is 20.3 Å². The SMILES string of the molecule is CCC(C)C(NS(=O)(=O)c1ccc(F)cc1OC)C(=O)O. The van der Waals surface area contributed by atoms with Gasteiger partial charge in [-0.1, -0.05) is 20.3 Å². The number of sulfonamides is 1. The first-order chi connectivity index (χ1) is 9.72. The number of hydrogen-bond donors (Lipinski definition) is 2. The van der Waals surface area contributed by atoms with Crippen LogP contribution in [-0.2, 0) is 14.8 Å². The van der Waals surface area contributed by atoms with Crippen LogP contribution in [0.15, 0.2) is 23.1 Å². The van der Waals surface area contributed by atoms with Gasteiger partial charge in [0.05, 0.1) is 7.11 Å². The number of carboxylic acid groups (broad SMARTS) is 1. The summed E-state index contributed by atoms with van der Waals surface area (Å²) in [6, 6.07) is 1.66.